The van der Waals surface area contributed by atoms with Crippen LogP contribution in [0.3, 0.4) is 0 Å². The van der Waals surface area contributed by atoms with Crippen LogP contribution in [0, 0.1) is 5.82 Å². The Bertz CT molecular complexity index is 1280. The van der Waals surface area contributed by atoms with Crippen LogP contribution >= 0.6 is 11.6 Å². The number of aromatic nitrogens is 1. The minimum Gasteiger partial charge on any atom is -0.449 e. The van der Waals surface area contributed by atoms with E-state index in [9.17, 15) is 14.0 Å². The number of carbonyl (C=O) groups excluding carboxylic acids is 2. The van der Waals surface area contributed by atoms with Gasteiger partial charge in [-0.25, -0.2) is 9.37 Å². The number of benzene rings is 1. The second kappa shape index (κ2) is 7.83. The molecule has 3 aromatic rings. The molecule has 2 amide bonds. The fourth-order valence-electron chi connectivity index (χ4n) is 4.19. The molecule has 4 rings (SSSR count). The highest BCUT2D eigenvalue weighted by atomic mass is 35.5. The standard InChI is InChI=1S/C25H27ClFN3O3/c1-24(2,3)15-12-18(14-7-8-16(26)17(27)11-14)28-19-13-20(33-21(15)19)22(31)30-10-9-29(6)23(32)25(30,4)5/h7-8,11-13H,9-10H2,1-6H3. The van der Waals surface area contributed by atoms with Crippen molar-refractivity contribution in [2.45, 2.75) is 45.6 Å². The van der Waals surface area contributed by atoms with Crippen LogP contribution in [0.25, 0.3) is 22.4 Å². The van der Waals surface area contributed by atoms with Gasteiger partial charge in [-0.1, -0.05) is 38.4 Å². The van der Waals surface area contributed by atoms with E-state index in [-0.39, 0.29) is 28.0 Å². The van der Waals surface area contributed by atoms with Crippen LogP contribution in [-0.2, 0) is 10.2 Å². The fraction of sp³-hybridized carbons (Fsp3) is 0.400. The summed E-state index contributed by atoms with van der Waals surface area (Å²) in [5.41, 5.74) is 1.64. The van der Waals surface area contributed by atoms with Gasteiger partial charge in [0.15, 0.2) is 11.3 Å². The molecule has 0 N–H and O–H groups in total. The van der Waals surface area contributed by atoms with Gasteiger partial charge < -0.3 is 14.2 Å². The Morgan fingerprint density at radius 3 is 2.52 bits per heavy atom. The van der Waals surface area contributed by atoms with Gasteiger partial charge in [-0.15, -0.1) is 0 Å². The van der Waals surface area contributed by atoms with Crippen LogP contribution in [0.15, 0.2) is 34.7 Å². The Hall–Kier alpha value is -2.93. The summed E-state index contributed by atoms with van der Waals surface area (Å²) in [6.07, 6.45) is 0. The normalized spacial score (nSPS) is 16.5. The molecule has 1 aromatic carbocycles. The zero-order valence-corrected chi connectivity index (χ0v) is 20.4. The van der Waals surface area contributed by atoms with Gasteiger partial charge in [0.25, 0.3) is 5.91 Å². The number of hydrogen-bond donors (Lipinski definition) is 0. The summed E-state index contributed by atoms with van der Waals surface area (Å²) >= 11 is 5.84. The van der Waals surface area contributed by atoms with Crippen molar-refractivity contribution in [3.63, 3.8) is 0 Å². The van der Waals surface area contributed by atoms with E-state index >= 15 is 0 Å². The van der Waals surface area contributed by atoms with E-state index in [0.29, 0.717) is 35.4 Å². The first kappa shape index (κ1) is 23.2. The Kier molecular flexibility index (Phi) is 5.52. The Labute approximate surface area is 197 Å². The minimum absolute atomic E-state index is 0.0383. The number of piperazine rings is 1. The SMILES string of the molecule is CN1CCN(C(=O)c2cc3nc(-c4ccc(Cl)c(F)c4)cc(C(C)(C)C)c3o2)C(C)(C)C1=O. The van der Waals surface area contributed by atoms with Gasteiger partial charge in [-0.05, 0) is 37.5 Å². The van der Waals surface area contributed by atoms with Crippen molar-refractivity contribution in [3.8, 4) is 11.3 Å². The zero-order chi connectivity index (χ0) is 24.3. The smallest absolute Gasteiger partial charge is 0.290 e. The monoisotopic (exact) mass is 471 g/mol. The largest absolute Gasteiger partial charge is 0.449 e. The van der Waals surface area contributed by atoms with Crippen molar-refractivity contribution in [2.24, 2.45) is 0 Å². The van der Waals surface area contributed by atoms with Crippen molar-refractivity contribution >= 4 is 34.5 Å². The molecule has 3 heterocycles. The third-order valence-corrected chi connectivity index (χ3v) is 6.47. The number of nitrogens with zero attached hydrogens (tertiary/aromatic N) is 3. The maximum Gasteiger partial charge on any atom is 0.290 e. The first-order chi connectivity index (χ1) is 15.3. The van der Waals surface area contributed by atoms with Crippen LogP contribution in [-0.4, -0.2) is 52.3 Å². The molecule has 1 saturated heterocycles. The highest BCUT2D eigenvalue weighted by Gasteiger charge is 2.44. The Morgan fingerprint density at radius 1 is 1.18 bits per heavy atom. The van der Waals surface area contributed by atoms with Crippen LogP contribution in [0.1, 0.15) is 50.7 Å². The van der Waals surface area contributed by atoms with E-state index in [1.165, 1.54) is 12.1 Å². The summed E-state index contributed by atoms with van der Waals surface area (Å²) in [7, 11) is 1.73. The molecule has 33 heavy (non-hydrogen) atoms. The molecule has 0 unspecified atom stereocenters. The van der Waals surface area contributed by atoms with Crippen LogP contribution < -0.4 is 0 Å². The van der Waals surface area contributed by atoms with Crippen LogP contribution in [0.4, 0.5) is 4.39 Å². The van der Waals surface area contributed by atoms with Gasteiger partial charge in [0.2, 0.25) is 5.91 Å². The summed E-state index contributed by atoms with van der Waals surface area (Å²) in [4.78, 5) is 33.9. The van der Waals surface area contributed by atoms with E-state index in [1.807, 2.05) is 26.8 Å². The predicted molar refractivity (Wildman–Crippen MR) is 126 cm³/mol. The number of likely N-dealkylation sites (N-methyl/N-ethyl adjacent to an activating group) is 1. The number of rotatable bonds is 2. The van der Waals surface area contributed by atoms with Gasteiger partial charge in [-0.3, -0.25) is 9.59 Å². The van der Waals surface area contributed by atoms with E-state index in [2.05, 4.69) is 4.98 Å². The second-order valence-electron chi connectivity index (χ2n) is 10.0. The number of pyridine rings is 1. The van der Waals surface area contributed by atoms with Crippen molar-refractivity contribution in [1.29, 1.82) is 0 Å². The summed E-state index contributed by atoms with van der Waals surface area (Å²) < 4.78 is 20.2. The molecule has 0 saturated carbocycles. The molecule has 0 bridgehead atoms. The average Bonchev–Trinajstić information content (AvgIpc) is 3.16. The van der Waals surface area contributed by atoms with Crippen LogP contribution in [0.5, 0.6) is 0 Å². The lowest BCUT2D eigenvalue weighted by molar-refractivity contribution is -0.144. The molecule has 6 nitrogen and oxygen atoms in total. The second-order valence-corrected chi connectivity index (χ2v) is 10.4. The lowest BCUT2D eigenvalue weighted by Gasteiger charge is -2.44. The third kappa shape index (κ3) is 3.99. The molecule has 0 atom stereocenters. The quantitative estimate of drug-likeness (QED) is 0.510. The van der Waals surface area contributed by atoms with Crippen molar-refractivity contribution < 1.29 is 18.4 Å². The molecule has 2 aromatic heterocycles. The van der Waals surface area contributed by atoms with Gasteiger partial charge in [-0.2, -0.15) is 0 Å². The predicted octanol–water partition coefficient (Wildman–Crippen LogP) is 5.28. The molecule has 0 radical (unpaired) electrons. The number of fused-ring (bicyclic) bond motifs is 1. The van der Waals surface area contributed by atoms with E-state index in [0.717, 1.165) is 5.56 Å². The highest BCUT2D eigenvalue weighted by Crippen LogP contribution is 2.36. The van der Waals surface area contributed by atoms with E-state index in [1.54, 1.807) is 42.8 Å². The number of furan rings is 1. The first-order valence-electron chi connectivity index (χ1n) is 10.8. The van der Waals surface area contributed by atoms with Crippen molar-refractivity contribution in [3.05, 3.63) is 52.5 Å². The zero-order valence-electron chi connectivity index (χ0n) is 19.6. The number of hydrogen-bond acceptors (Lipinski definition) is 4. The minimum atomic E-state index is -0.991. The molecule has 1 fully saturated rings. The van der Waals surface area contributed by atoms with Crippen LogP contribution in [0.2, 0.25) is 5.02 Å². The van der Waals surface area contributed by atoms with Crippen molar-refractivity contribution in [1.82, 2.24) is 14.8 Å². The lowest BCUT2D eigenvalue weighted by Crippen LogP contribution is -2.63. The van der Waals surface area contributed by atoms with Gasteiger partial charge >= 0.3 is 0 Å². The third-order valence-electron chi connectivity index (χ3n) is 6.16. The topological polar surface area (TPSA) is 66.7 Å². The van der Waals surface area contributed by atoms with E-state index in [4.69, 9.17) is 16.0 Å². The van der Waals surface area contributed by atoms with Gasteiger partial charge in [0.05, 0.1) is 10.7 Å². The maximum absolute atomic E-state index is 14.1. The number of carbonyl (C=O) groups is 2. The Morgan fingerprint density at radius 2 is 1.88 bits per heavy atom. The highest BCUT2D eigenvalue weighted by molar-refractivity contribution is 6.30. The summed E-state index contributed by atoms with van der Waals surface area (Å²) in [6, 6.07) is 7.99. The van der Waals surface area contributed by atoms with E-state index < -0.39 is 11.4 Å². The summed E-state index contributed by atoms with van der Waals surface area (Å²) in [5.74, 6) is -0.900. The Balaban J connectivity index is 1.83. The van der Waals surface area contributed by atoms with Gasteiger partial charge in [0.1, 0.15) is 16.9 Å². The molecular weight excluding hydrogens is 445 g/mol. The molecule has 0 spiro atoms. The molecule has 174 valence electrons. The lowest BCUT2D eigenvalue weighted by atomic mass is 9.86. The molecule has 1 aliphatic heterocycles. The number of amides is 2. The average molecular weight is 472 g/mol. The van der Waals surface area contributed by atoms with Gasteiger partial charge in [0, 0.05) is 37.3 Å². The van der Waals surface area contributed by atoms with Crippen molar-refractivity contribution in [2.75, 3.05) is 20.1 Å². The fourth-order valence-corrected chi connectivity index (χ4v) is 4.31. The molecule has 1 aliphatic rings. The molecular formula is C25H27ClFN3O3. The summed E-state index contributed by atoms with van der Waals surface area (Å²) in [6.45, 7) is 10.4. The maximum atomic E-state index is 14.1. The first-order valence-corrected chi connectivity index (χ1v) is 11.2. The summed E-state index contributed by atoms with van der Waals surface area (Å²) in [5, 5.41) is 0.0383. The molecule has 8 heteroatoms. The number of halogens is 2. The molecule has 0 aliphatic carbocycles.